The normalized spacial score (nSPS) is 16.0. The minimum absolute atomic E-state index is 0.0879. The van der Waals surface area contributed by atoms with E-state index in [-0.39, 0.29) is 6.10 Å². The molecule has 1 atom stereocenters. The van der Waals surface area contributed by atoms with E-state index in [0.717, 1.165) is 36.5 Å². The molecule has 1 saturated heterocycles. The van der Waals surface area contributed by atoms with Crippen molar-refractivity contribution in [2.75, 3.05) is 26.2 Å². The minimum Gasteiger partial charge on any atom is -0.369 e. The Morgan fingerprint density at radius 3 is 2.34 bits per heavy atom. The van der Waals surface area contributed by atoms with Gasteiger partial charge in [-0.25, -0.2) is 4.68 Å². The number of nitrogens with zero attached hydrogens (tertiary/aromatic N) is 3. The predicted octanol–water partition coefficient (Wildman–Crippen LogP) is 5.16. The third-order valence-corrected chi connectivity index (χ3v) is 5.79. The van der Waals surface area contributed by atoms with Crippen LogP contribution in [0.5, 0.6) is 0 Å². The van der Waals surface area contributed by atoms with Crippen molar-refractivity contribution in [3.05, 3.63) is 83.7 Å². The zero-order valence-electron chi connectivity index (χ0n) is 17.3. The molecule has 2 heterocycles. The standard InChI is InChI=1S/C25H31N3O/c1-21-24(20-26-28(21)23-14-7-3-8-15-23)25(22-12-5-2-6-13-22)29-19-11-18-27-16-9-4-10-17-27/h2-3,5-8,12-15,20,25H,4,9-11,16-19H2,1H3. The van der Waals surface area contributed by atoms with Gasteiger partial charge in [-0.05, 0) is 57.0 Å². The molecule has 1 unspecified atom stereocenters. The number of benzene rings is 2. The largest absolute Gasteiger partial charge is 0.369 e. The summed E-state index contributed by atoms with van der Waals surface area (Å²) in [5.74, 6) is 0. The molecular formula is C25H31N3O. The maximum absolute atomic E-state index is 6.46. The zero-order valence-corrected chi connectivity index (χ0v) is 17.3. The van der Waals surface area contributed by atoms with Gasteiger partial charge < -0.3 is 9.64 Å². The first-order valence-corrected chi connectivity index (χ1v) is 10.8. The average Bonchev–Trinajstić information content (AvgIpc) is 3.17. The molecule has 1 aliphatic heterocycles. The van der Waals surface area contributed by atoms with Gasteiger partial charge in [0.25, 0.3) is 0 Å². The van der Waals surface area contributed by atoms with Crippen LogP contribution in [0.2, 0.25) is 0 Å². The van der Waals surface area contributed by atoms with Crippen molar-refractivity contribution in [3.8, 4) is 5.69 Å². The van der Waals surface area contributed by atoms with E-state index in [1.165, 1.54) is 37.9 Å². The van der Waals surface area contributed by atoms with Gasteiger partial charge in [-0.3, -0.25) is 0 Å². The average molecular weight is 390 g/mol. The quantitative estimate of drug-likeness (QED) is 0.498. The number of ether oxygens (including phenoxy) is 1. The number of aromatic nitrogens is 2. The van der Waals surface area contributed by atoms with E-state index < -0.39 is 0 Å². The van der Waals surface area contributed by atoms with E-state index in [1.54, 1.807) is 0 Å². The summed E-state index contributed by atoms with van der Waals surface area (Å²) in [5, 5.41) is 4.66. The van der Waals surface area contributed by atoms with Crippen molar-refractivity contribution in [2.45, 2.75) is 38.7 Å². The topological polar surface area (TPSA) is 30.3 Å². The molecule has 152 valence electrons. The van der Waals surface area contributed by atoms with Crippen molar-refractivity contribution < 1.29 is 4.74 Å². The second-order valence-electron chi connectivity index (χ2n) is 7.85. The maximum atomic E-state index is 6.46. The Labute approximate surface area is 174 Å². The highest BCUT2D eigenvalue weighted by molar-refractivity contribution is 5.38. The summed E-state index contributed by atoms with van der Waals surface area (Å²) in [4.78, 5) is 2.57. The molecule has 4 heteroatoms. The lowest BCUT2D eigenvalue weighted by atomic mass is 10.0. The third-order valence-electron chi connectivity index (χ3n) is 5.79. The molecule has 1 fully saturated rings. The van der Waals surface area contributed by atoms with Crippen LogP contribution in [0.15, 0.2) is 66.9 Å². The van der Waals surface area contributed by atoms with Crippen LogP contribution in [0.1, 0.15) is 48.6 Å². The number of hydrogen-bond acceptors (Lipinski definition) is 3. The number of piperidine rings is 1. The van der Waals surface area contributed by atoms with Crippen LogP contribution in [-0.2, 0) is 4.74 Å². The second-order valence-corrected chi connectivity index (χ2v) is 7.85. The van der Waals surface area contributed by atoms with E-state index in [0.29, 0.717) is 0 Å². The van der Waals surface area contributed by atoms with E-state index in [4.69, 9.17) is 4.74 Å². The minimum atomic E-state index is -0.0879. The van der Waals surface area contributed by atoms with Crippen LogP contribution >= 0.6 is 0 Å². The molecule has 0 aliphatic carbocycles. The van der Waals surface area contributed by atoms with Crippen LogP contribution in [0, 0.1) is 6.92 Å². The highest BCUT2D eigenvalue weighted by atomic mass is 16.5. The maximum Gasteiger partial charge on any atom is 0.111 e. The van der Waals surface area contributed by atoms with Crippen molar-refractivity contribution in [2.24, 2.45) is 0 Å². The van der Waals surface area contributed by atoms with Crippen molar-refractivity contribution in [1.82, 2.24) is 14.7 Å². The highest BCUT2D eigenvalue weighted by Crippen LogP contribution is 2.29. The van der Waals surface area contributed by atoms with Crippen LogP contribution in [0.3, 0.4) is 0 Å². The van der Waals surface area contributed by atoms with Crippen LogP contribution < -0.4 is 0 Å². The van der Waals surface area contributed by atoms with Gasteiger partial charge in [0.1, 0.15) is 6.10 Å². The summed E-state index contributed by atoms with van der Waals surface area (Å²) < 4.78 is 8.46. The molecule has 4 rings (SSSR count). The van der Waals surface area contributed by atoms with E-state index in [9.17, 15) is 0 Å². The molecule has 1 aliphatic rings. The van der Waals surface area contributed by atoms with Crippen LogP contribution in [0.4, 0.5) is 0 Å². The lowest BCUT2D eigenvalue weighted by Gasteiger charge is -2.26. The molecule has 0 radical (unpaired) electrons. The molecule has 0 amide bonds. The molecule has 0 saturated carbocycles. The molecule has 3 aromatic rings. The monoisotopic (exact) mass is 389 g/mol. The first-order valence-electron chi connectivity index (χ1n) is 10.8. The Morgan fingerprint density at radius 2 is 1.62 bits per heavy atom. The van der Waals surface area contributed by atoms with E-state index in [2.05, 4.69) is 59.4 Å². The number of likely N-dealkylation sites (tertiary alicyclic amines) is 1. The summed E-state index contributed by atoms with van der Waals surface area (Å²) in [6.07, 6.45) is 7.00. The number of rotatable bonds is 8. The first-order chi connectivity index (χ1) is 14.3. The van der Waals surface area contributed by atoms with Gasteiger partial charge in [0.05, 0.1) is 11.9 Å². The lowest BCUT2D eigenvalue weighted by molar-refractivity contribution is 0.0696. The lowest BCUT2D eigenvalue weighted by Crippen LogP contribution is -2.31. The Balaban J connectivity index is 1.48. The summed E-state index contributed by atoms with van der Waals surface area (Å²) in [7, 11) is 0. The van der Waals surface area contributed by atoms with Crippen molar-refractivity contribution >= 4 is 0 Å². The smallest absolute Gasteiger partial charge is 0.111 e. The molecule has 4 nitrogen and oxygen atoms in total. The Bertz CT molecular complexity index is 870. The van der Waals surface area contributed by atoms with Gasteiger partial charge in [-0.1, -0.05) is 55.0 Å². The van der Waals surface area contributed by atoms with Crippen molar-refractivity contribution in [1.29, 1.82) is 0 Å². The van der Waals surface area contributed by atoms with Gasteiger partial charge in [0.15, 0.2) is 0 Å². The fourth-order valence-corrected chi connectivity index (χ4v) is 4.17. The van der Waals surface area contributed by atoms with E-state index in [1.807, 2.05) is 29.1 Å². The van der Waals surface area contributed by atoms with Gasteiger partial charge in [0.2, 0.25) is 0 Å². The molecule has 0 spiro atoms. The van der Waals surface area contributed by atoms with Gasteiger partial charge in [0, 0.05) is 24.4 Å². The zero-order chi connectivity index (χ0) is 19.9. The van der Waals surface area contributed by atoms with Crippen LogP contribution in [-0.4, -0.2) is 40.9 Å². The summed E-state index contributed by atoms with van der Waals surface area (Å²) in [6, 6.07) is 20.8. The number of para-hydroxylation sites is 1. The van der Waals surface area contributed by atoms with Crippen molar-refractivity contribution in [3.63, 3.8) is 0 Å². The predicted molar refractivity (Wildman–Crippen MR) is 117 cm³/mol. The summed E-state index contributed by atoms with van der Waals surface area (Å²) in [5.41, 5.74) is 4.52. The Kier molecular flexibility index (Phi) is 6.75. The van der Waals surface area contributed by atoms with Gasteiger partial charge in [-0.15, -0.1) is 0 Å². The van der Waals surface area contributed by atoms with E-state index >= 15 is 0 Å². The number of hydrogen-bond donors (Lipinski definition) is 0. The van der Waals surface area contributed by atoms with Gasteiger partial charge >= 0.3 is 0 Å². The first kappa shape index (κ1) is 19.9. The fourth-order valence-electron chi connectivity index (χ4n) is 4.17. The fraction of sp³-hybridized carbons (Fsp3) is 0.400. The summed E-state index contributed by atoms with van der Waals surface area (Å²) >= 11 is 0. The van der Waals surface area contributed by atoms with Crippen LogP contribution in [0.25, 0.3) is 5.69 Å². The Morgan fingerprint density at radius 1 is 0.931 bits per heavy atom. The third kappa shape index (κ3) is 4.95. The highest BCUT2D eigenvalue weighted by Gasteiger charge is 2.21. The summed E-state index contributed by atoms with van der Waals surface area (Å²) in [6.45, 7) is 6.49. The molecule has 29 heavy (non-hydrogen) atoms. The van der Waals surface area contributed by atoms with Gasteiger partial charge in [-0.2, -0.15) is 5.10 Å². The molecule has 0 N–H and O–H groups in total. The Hall–Kier alpha value is -2.43. The molecule has 0 bridgehead atoms. The molecular weight excluding hydrogens is 358 g/mol. The molecule has 2 aromatic carbocycles. The SMILES string of the molecule is Cc1c(C(OCCCN2CCCCC2)c2ccccc2)cnn1-c1ccccc1. The second kappa shape index (κ2) is 9.86. The molecule has 1 aromatic heterocycles.